The van der Waals surface area contributed by atoms with Crippen LogP contribution in [0, 0.1) is 0 Å². The number of aliphatic hydroxyl groups excluding tert-OH is 1. The van der Waals surface area contributed by atoms with Gasteiger partial charge in [-0.05, 0) is 65.9 Å². The summed E-state index contributed by atoms with van der Waals surface area (Å²) in [6.07, 6.45) is 3.44. The van der Waals surface area contributed by atoms with Crippen molar-refractivity contribution in [2.24, 2.45) is 4.99 Å². The number of sulfone groups is 1. The van der Waals surface area contributed by atoms with Crippen molar-refractivity contribution in [2.75, 3.05) is 25.5 Å². The summed E-state index contributed by atoms with van der Waals surface area (Å²) in [6, 6.07) is 32.8. The molecular weight excluding hydrogens is 667 g/mol. The molecule has 4 aromatic rings. The van der Waals surface area contributed by atoms with Crippen molar-refractivity contribution in [2.45, 2.75) is 67.1 Å². The van der Waals surface area contributed by atoms with Gasteiger partial charge >= 0.3 is 0 Å². The number of aliphatic imine (C=N–C) groups is 1. The Balaban J connectivity index is 1.37. The number of aliphatic hydroxyl groups is 2. The lowest BCUT2D eigenvalue weighted by Crippen LogP contribution is -2.56. The van der Waals surface area contributed by atoms with Gasteiger partial charge in [-0.25, -0.2) is 18.8 Å². The van der Waals surface area contributed by atoms with Crippen LogP contribution in [0.4, 0.5) is 0 Å². The largest absolute Gasteiger partial charge is 0.494 e. The summed E-state index contributed by atoms with van der Waals surface area (Å²) in [5, 5.41) is 20.2. The number of hydrogen-bond acceptors (Lipinski definition) is 9. The molecule has 4 N–H and O–H groups in total. The summed E-state index contributed by atoms with van der Waals surface area (Å²) in [7, 11) is -3.81. The maximum Gasteiger partial charge on any atom is 0.266 e. The SMILES string of the molecule is O=C(NNCC1(O)CCCCC1)[C@@]1(CCS(=O)(=O)c2ccccc2)N=C(c2ccc(OCCCO)cc2)O[C@H]1c1ccc(-c2ccccc2)cc1. The van der Waals surface area contributed by atoms with Crippen molar-refractivity contribution >= 4 is 21.6 Å². The van der Waals surface area contributed by atoms with Crippen LogP contribution in [0.3, 0.4) is 0 Å². The van der Waals surface area contributed by atoms with Gasteiger partial charge in [-0.3, -0.25) is 10.2 Å². The Kier molecular flexibility index (Phi) is 11.5. The van der Waals surface area contributed by atoms with E-state index in [0.717, 1.165) is 30.4 Å². The van der Waals surface area contributed by atoms with E-state index in [4.69, 9.17) is 19.6 Å². The van der Waals surface area contributed by atoms with Crippen LogP contribution in [0.5, 0.6) is 5.75 Å². The normalized spacial score (nSPS) is 19.9. The van der Waals surface area contributed by atoms with E-state index in [-0.39, 0.29) is 36.1 Å². The molecule has 1 aliphatic carbocycles. The third-order valence-electron chi connectivity index (χ3n) is 9.61. The first-order valence-corrected chi connectivity index (χ1v) is 19.2. The molecule has 1 heterocycles. The number of carbonyl (C=O) groups is 1. The van der Waals surface area contributed by atoms with Crippen LogP contribution in [0.2, 0.25) is 0 Å². The van der Waals surface area contributed by atoms with Gasteiger partial charge in [0, 0.05) is 31.6 Å². The van der Waals surface area contributed by atoms with Crippen molar-refractivity contribution in [3.05, 3.63) is 120 Å². The Labute approximate surface area is 299 Å². The molecular formula is C40H45N3O7S. The minimum absolute atomic E-state index is 0.0226. The van der Waals surface area contributed by atoms with Gasteiger partial charge in [0.25, 0.3) is 5.91 Å². The molecule has 1 saturated carbocycles. The van der Waals surface area contributed by atoms with Crippen LogP contribution in [0.1, 0.15) is 62.2 Å². The van der Waals surface area contributed by atoms with Crippen LogP contribution >= 0.6 is 0 Å². The summed E-state index contributed by atoms with van der Waals surface area (Å²) in [6.45, 7) is 0.521. The lowest BCUT2D eigenvalue weighted by Gasteiger charge is -2.34. The molecule has 4 aromatic carbocycles. The summed E-state index contributed by atoms with van der Waals surface area (Å²) < 4.78 is 39.6. The molecule has 2 atom stereocenters. The maximum atomic E-state index is 14.5. The predicted molar refractivity (Wildman–Crippen MR) is 196 cm³/mol. The lowest BCUT2D eigenvalue weighted by atomic mass is 9.84. The Hall–Kier alpha value is -4.55. The Morgan fingerprint density at radius 1 is 0.843 bits per heavy atom. The number of rotatable bonds is 15. The molecule has 0 saturated heterocycles. The van der Waals surface area contributed by atoms with Gasteiger partial charge in [0.05, 0.1) is 22.9 Å². The first kappa shape index (κ1) is 36.2. The van der Waals surface area contributed by atoms with Crippen LogP contribution in [0.15, 0.2) is 119 Å². The number of ether oxygens (including phenoxy) is 2. The van der Waals surface area contributed by atoms with Gasteiger partial charge in [-0.15, -0.1) is 0 Å². The molecule has 0 radical (unpaired) electrons. The van der Waals surface area contributed by atoms with E-state index in [9.17, 15) is 18.3 Å². The smallest absolute Gasteiger partial charge is 0.266 e. The highest BCUT2D eigenvalue weighted by Gasteiger charge is 2.54. The zero-order valence-corrected chi connectivity index (χ0v) is 29.4. The van der Waals surface area contributed by atoms with Gasteiger partial charge in [0.1, 0.15) is 5.75 Å². The molecule has 2 aliphatic rings. The number of benzene rings is 4. The van der Waals surface area contributed by atoms with Gasteiger partial charge in [-0.1, -0.05) is 92.1 Å². The molecule has 0 bridgehead atoms. The van der Waals surface area contributed by atoms with E-state index < -0.39 is 33.0 Å². The van der Waals surface area contributed by atoms with E-state index in [0.29, 0.717) is 42.7 Å². The van der Waals surface area contributed by atoms with E-state index >= 15 is 0 Å². The minimum Gasteiger partial charge on any atom is -0.494 e. The van der Waals surface area contributed by atoms with Crippen molar-refractivity contribution in [1.29, 1.82) is 0 Å². The van der Waals surface area contributed by atoms with Gasteiger partial charge < -0.3 is 19.7 Å². The molecule has 11 heteroatoms. The van der Waals surface area contributed by atoms with Crippen molar-refractivity contribution in [3.63, 3.8) is 0 Å². The first-order chi connectivity index (χ1) is 24.7. The number of nitrogens with one attached hydrogen (secondary N) is 2. The fourth-order valence-electron chi connectivity index (χ4n) is 6.67. The molecule has 1 aliphatic heterocycles. The molecule has 0 aromatic heterocycles. The zero-order chi connectivity index (χ0) is 35.7. The Bertz CT molecular complexity index is 1880. The maximum absolute atomic E-state index is 14.5. The number of hydrazine groups is 1. The van der Waals surface area contributed by atoms with Crippen molar-refractivity contribution in [3.8, 4) is 16.9 Å². The number of nitrogens with zero attached hydrogens (tertiary/aromatic N) is 1. The Morgan fingerprint density at radius 2 is 1.47 bits per heavy atom. The zero-order valence-electron chi connectivity index (χ0n) is 28.5. The topological polar surface area (TPSA) is 147 Å². The monoisotopic (exact) mass is 711 g/mol. The van der Waals surface area contributed by atoms with E-state index in [1.807, 2.05) is 54.6 Å². The fraction of sp³-hybridized carbons (Fsp3) is 0.350. The second-order valence-corrected chi connectivity index (χ2v) is 15.4. The van der Waals surface area contributed by atoms with Crippen molar-refractivity contribution < 1.29 is 32.9 Å². The number of hydrogen-bond donors (Lipinski definition) is 4. The second kappa shape index (κ2) is 16.2. The highest BCUT2D eigenvalue weighted by molar-refractivity contribution is 7.91. The quantitative estimate of drug-likeness (QED) is 0.0928. The molecule has 6 rings (SSSR count). The standard InChI is InChI=1S/C40H45N3O7S/c44-26-10-27-49-34-21-19-33(20-22-34)37-42-40(25-28-51(47,48)35-13-6-2-7-14-35,38(45)43-41-29-39(46)23-8-3-9-24-39)36(50-37)32-17-15-31(16-18-32)30-11-4-1-5-12-30/h1-2,4-7,11-22,36,41,44,46H,3,8-10,23-29H2,(H,43,45)/t36-,40-/m0/s1. The predicted octanol–water partition coefficient (Wildman–Crippen LogP) is 5.55. The Morgan fingerprint density at radius 3 is 2.14 bits per heavy atom. The number of carbonyl (C=O) groups excluding carboxylic acids is 1. The van der Waals surface area contributed by atoms with E-state index in [2.05, 4.69) is 10.9 Å². The average Bonchev–Trinajstić information content (AvgIpc) is 3.56. The molecule has 0 unspecified atom stereocenters. The molecule has 1 fully saturated rings. The van der Waals surface area contributed by atoms with Crippen molar-refractivity contribution in [1.82, 2.24) is 10.9 Å². The first-order valence-electron chi connectivity index (χ1n) is 17.5. The molecule has 10 nitrogen and oxygen atoms in total. The molecule has 51 heavy (non-hydrogen) atoms. The summed E-state index contributed by atoms with van der Waals surface area (Å²) in [5.74, 6) is -0.153. The lowest BCUT2D eigenvalue weighted by molar-refractivity contribution is -0.130. The van der Waals surface area contributed by atoms with Gasteiger partial charge in [0.2, 0.25) is 5.90 Å². The minimum atomic E-state index is -3.81. The fourth-order valence-corrected chi connectivity index (χ4v) is 8.06. The van der Waals surface area contributed by atoms with Crippen LogP contribution in [-0.2, 0) is 19.4 Å². The molecule has 0 spiro atoms. The highest BCUT2D eigenvalue weighted by atomic mass is 32.2. The number of amides is 1. The van der Waals surface area contributed by atoms with Gasteiger partial charge in [0.15, 0.2) is 21.5 Å². The van der Waals surface area contributed by atoms with E-state index in [1.54, 1.807) is 42.5 Å². The highest BCUT2D eigenvalue weighted by Crippen LogP contribution is 2.43. The third-order valence-corrected chi connectivity index (χ3v) is 11.3. The van der Waals surface area contributed by atoms with Crippen LogP contribution < -0.4 is 15.6 Å². The van der Waals surface area contributed by atoms with E-state index in [1.165, 1.54) is 12.1 Å². The average molecular weight is 712 g/mol. The third kappa shape index (κ3) is 8.68. The van der Waals surface area contributed by atoms with Crippen LogP contribution in [0.25, 0.3) is 11.1 Å². The second-order valence-electron chi connectivity index (χ2n) is 13.3. The summed E-state index contributed by atoms with van der Waals surface area (Å²) in [5.41, 5.74) is 6.32. The summed E-state index contributed by atoms with van der Waals surface area (Å²) in [4.78, 5) is 19.6. The molecule has 268 valence electrons. The summed E-state index contributed by atoms with van der Waals surface area (Å²) >= 11 is 0. The van der Waals surface area contributed by atoms with Crippen LogP contribution in [-0.4, -0.2) is 67.1 Å². The van der Waals surface area contributed by atoms with Gasteiger partial charge in [-0.2, -0.15) is 0 Å². The molecule has 1 amide bonds.